The molecule has 14 heteroatoms. The third kappa shape index (κ3) is 5.38. The minimum Gasteiger partial charge on any atom is -0.404 e. The van der Waals surface area contributed by atoms with E-state index in [9.17, 15) is 26.4 Å². The number of amides is 1. The van der Waals surface area contributed by atoms with Crippen molar-refractivity contribution in [2.24, 2.45) is 0 Å². The molecule has 0 spiro atoms. The number of aromatic nitrogens is 1. The average Bonchev–Trinajstić information content (AvgIpc) is 3.08. The van der Waals surface area contributed by atoms with Crippen LogP contribution in [0.25, 0.3) is 0 Å². The van der Waals surface area contributed by atoms with Crippen LogP contribution in [0.4, 0.5) is 18.3 Å². The van der Waals surface area contributed by atoms with Crippen LogP contribution in [0.15, 0.2) is 29.2 Å². The van der Waals surface area contributed by atoms with Gasteiger partial charge in [-0.25, -0.2) is 13.4 Å². The highest BCUT2D eigenvalue weighted by Gasteiger charge is 2.34. The molecule has 9 nitrogen and oxygen atoms in total. The van der Waals surface area contributed by atoms with Crippen LogP contribution >= 0.6 is 11.3 Å². The molecule has 3 rings (SSSR count). The summed E-state index contributed by atoms with van der Waals surface area (Å²) in [6.07, 6.45) is -5.08. The Kier molecular flexibility index (Phi) is 6.50. The first-order chi connectivity index (χ1) is 14.1. The first-order valence-corrected chi connectivity index (χ1v) is 10.8. The summed E-state index contributed by atoms with van der Waals surface area (Å²) >= 11 is 1.07. The van der Waals surface area contributed by atoms with E-state index in [-0.39, 0.29) is 4.88 Å². The third-order valence-electron chi connectivity index (χ3n) is 3.94. The summed E-state index contributed by atoms with van der Waals surface area (Å²) in [5, 5.41) is 0.590. The molecule has 2 aromatic rings. The topological polar surface area (TPSA) is 110 Å². The van der Waals surface area contributed by atoms with E-state index in [1.165, 1.54) is 12.1 Å². The van der Waals surface area contributed by atoms with Gasteiger partial charge in [0.1, 0.15) is 15.5 Å². The fourth-order valence-corrected chi connectivity index (χ4v) is 4.57. The summed E-state index contributed by atoms with van der Waals surface area (Å²) in [7, 11) is -4.54. The van der Waals surface area contributed by atoms with Gasteiger partial charge in [-0.15, -0.1) is 18.0 Å². The van der Waals surface area contributed by atoms with E-state index >= 15 is 0 Å². The molecule has 1 fully saturated rings. The van der Waals surface area contributed by atoms with Crippen molar-refractivity contribution < 1.29 is 35.9 Å². The SMILES string of the molecule is Cc1nc(N2CCOCC2)sc1C(=O)NNS(=O)(=O)c1ccccc1OC(F)(F)F. The van der Waals surface area contributed by atoms with E-state index in [0.29, 0.717) is 37.1 Å². The van der Waals surface area contributed by atoms with Crippen LogP contribution < -0.4 is 19.9 Å². The highest BCUT2D eigenvalue weighted by molar-refractivity contribution is 7.89. The highest BCUT2D eigenvalue weighted by atomic mass is 32.2. The molecule has 1 amide bonds. The van der Waals surface area contributed by atoms with E-state index in [2.05, 4.69) is 9.72 Å². The van der Waals surface area contributed by atoms with E-state index in [1.807, 2.05) is 10.3 Å². The molecule has 0 radical (unpaired) electrons. The number of morpholine rings is 1. The van der Waals surface area contributed by atoms with Crippen LogP contribution in [0.3, 0.4) is 0 Å². The number of benzene rings is 1. The standard InChI is InChI=1S/C16H17F3N4O5S2/c1-10-13(29-15(20-10)23-6-8-27-9-7-23)14(24)21-22-30(25,26)12-5-3-2-4-11(12)28-16(17,18)19/h2-5,22H,6-9H2,1H3,(H,21,24). The highest BCUT2D eigenvalue weighted by Crippen LogP contribution is 2.29. The number of hydrazine groups is 1. The number of rotatable bonds is 6. The number of nitrogens with zero attached hydrogens (tertiary/aromatic N) is 2. The Bertz CT molecular complexity index is 1020. The number of hydrogen-bond donors (Lipinski definition) is 2. The number of thiazole rings is 1. The van der Waals surface area contributed by atoms with Crippen molar-refractivity contribution in [3.8, 4) is 5.75 Å². The first-order valence-electron chi connectivity index (χ1n) is 8.54. The molecule has 1 saturated heterocycles. The molecule has 1 aliphatic rings. The van der Waals surface area contributed by atoms with Gasteiger partial charge in [0.05, 0.1) is 18.9 Å². The summed E-state index contributed by atoms with van der Waals surface area (Å²) in [5.74, 6) is -1.71. The van der Waals surface area contributed by atoms with Crippen molar-refractivity contribution in [3.63, 3.8) is 0 Å². The van der Waals surface area contributed by atoms with Crippen LogP contribution in [0.1, 0.15) is 15.4 Å². The van der Waals surface area contributed by atoms with Crippen molar-refractivity contribution in [2.75, 3.05) is 31.2 Å². The van der Waals surface area contributed by atoms with Gasteiger partial charge in [0.25, 0.3) is 15.9 Å². The van der Waals surface area contributed by atoms with Crippen molar-refractivity contribution in [2.45, 2.75) is 18.2 Å². The smallest absolute Gasteiger partial charge is 0.404 e. The molecular weight excluding hydrogens is 449 g/mol. The predicted molar refractivity (Wildman–Crippen MR) is 101 cm³/mol. The van der Waals surface area contributed by atoms with E-state index in [4.69, 9.17) is 4.74 Å². The number of alkyl halides is 3. The summed E-state index contributed by atoms with van der Waals surface area (Å²) in [6, 6.07) is 4.18. The number of para-hydroxylation sites is 1. The van der Waals surface area contributed by atoms with Gasteiger partial charge in [-0.1, -0.05) is 23.5 Å². The number of anilines is 1. The normalized spacial score (nSPS) is 15.1. The molecule has 1 aliphatic heterocycles. The van der Waals surface area contributed by atoms with Gasteiger partial charge in [-0.05, 0) is 19.1 Å². The maximum atomic E-state index is 12.5. The zero-order valence-corrected chi connectivity index (χ0v) is 17.2. The van der Waals surface area contributed by atoms with Crippen LogP contribution in [0, 0.1) is 6.92 Å². The maximum Gasteiger partial charge on any atom is 0.573 e. The first kappa shape index (κ1) is 22.3. The number of ether oxygens (including phenoxy) is 2. The molecule has 0 bridgehead atoms. The van der Waals surface area contributed by atoms with Gasteiger partial charge in [0.15, 0.2) is 5.13 Å². The van der Waals surface area contributed by atoms with Gasteiger partial charge in [0, 0.05) is 13.1 Å². The zero-order chi connectivity index (χ0) is 21.9. The largest absolute Gasteiger partial charge is 0.573 e. The number of carbonyl (C=O) groups is 1. The average molecular weight is 466 g/mol. The van der Waals surface area contributed by atoms with Gasteiger partial charge < -0.3 is 14.4 Å². The second kappa shape index (κ2) is 8.75. The molecule has 1 aromatic heterocycles. The second-order valence-electron chi connectivity index (χ2n) is 6.06. The molecule has 2 N–H and O–H groups in total. The minimum absolute atomic E-state index is 0.166. The Labute approximate surface area is 173 Å². The number of hydrogen-bond acceptors (Lipinski definition) is 8. The van der Waals surface area contributed by atoms with Crippen molar-refractivity contribution >= 4 is 32.4 Å². The lowest BCUT2D eigenvalue weighted by Crippen LogP contribution is -2.41. The lowest BCUT2D eigenvalue weighted by Gasteiger charge is -2.25. The Morgan fingerprint density at radius 3 is 2.60 bits per heavy atom. The number of nitrogens with one attached hydrogen (secondary N) is 2. The Morgan fingerprint density at radius 2 is 1.93 bits per heavy atom. The number of aryl methyl sites for hydroxylation is 1. The Hall–Kier alpha value is -2.42. The summed E-state index contributed by atoms with van der Waals surface area (Å²) in [4.78, 5) is 19.9. The van der Waals surface area contributed by atoms with Crippen LogP contribution in [-0.2, 0) is 14.8 Å². The molecule has 164 valence electrons. The van der Waals surface area contributed by atoms with Crippen molar-refractivity contribution in [1.29, 1.82) is 0 Å². The fraction of sp³-hybridized carbons (Fsp3) is 0.375. The molecule has 0 saturated carbocycles. The summed E-state index contributed by atoms with van der Waals surface area (Å²) in [5.41, 5.74) is 2.39. The van der Waals surface area contributed by atoms with E-state index in [0.717, 1.165) is 23.5 Å². The predicted octanol–water partition coefficient (Wildman–Crippen LogP) is 1.81. The number of sulfonamides is 1. The van der Waals surface area contributed by atoms with Crippen LogP contribution in [0.2, 0.25) is 0 Å². The quantitative estimate of drug-likeness (QED) is 0.625. The van der Waals surface area contributed by atoms with E-state index in [1.54, 1.807) is 11.8 Å². The van der Waals surface area contributed by atoms with Crippen LogP contribution in [-0.4, -0.2) is 52.0 Å². The van der Waals surface area contributed by atoms with Crippen molar-refractivity contribution in [1.82, 2.24) is 15.2 Å². The Balaban J connectivity index is 1.72. The van der Waals surface area contributed by atoms with E-state index < -0.39 is 32.9 Å². The van der Waals surface area contributed by atoms with Crippen molar-refractivity contribution in [3.05, 3.63) is 34.8 Å². The van der Waals surface area contributed by atoms with Gasteiger partial charge in [-0.2, -0.15) is 0 Å². The fourth-order valence-electron chi connectivity index (χ4n) is 2.59. The minimum atomic E-state index is -5.08. The molecule has 0 atom stereocenters. The second-order valence-corrected chi connectivity index (χ2v) is 8.69. The van der Waals surface area contributed by atoms with Crippen LogP contribution in [0.5, 0.6) is 5.75 Å². The lowest BCUT2D eigenvalue weighted by atomic mass is 10.3. The molecular formula is C16H17F3N4O5S2. The lowest BCUT2D eigenvalue weighted by molar-refractivity contribution is -0.275. The number of carbonyl (C=O) groups excluding carboxylic acids is 1. The molecule has 2 heterocycles. The molecule has 0 unspecified atom stereocenters. The maximum absolute atomic E-state index is 12.5. The third-order valence-corrected chi connectivity index (χ3v) is 6.44. The summed E-state index contributed by atoms with van der Waals surface area (Å²) in [6.45, 7) is 3.86. The van der Waals surface area contributed by atoms with Gasteiger partial charge in [0.2, 0.25) is 0 Å². The van der Waals surface area contributed by atoms with Gasteiger partial charge in [-0.3, -0.25) is 10.2 Å². The monoisotopic (exact) mass is 466 g/mol. The Morgan fingerprint density at radius 1 is 1.27 bits per heavy atom. The molecule has 30 heavy (non-hydrogen) atoms. The number of halogens is 3. The zero-order valence-electron chi connectivity index (χ0n) is 15.5. The molecule has 0 aliphatic carbocycles. The molecule has 1 aromatic carbocycles. The van der Waals surface area contributed by atoms with Gasteiger partial charge >= 0.3 is 6.36 Å². The summed E-state index contributed by atoms with van der Waals surface area (Å²) < 4.78 is 71.4.